The van der Waals surface area contributed by atoms with Gasteiger partial charge in [0.05, 0.1) is 6.61 Å². The first-order valence-corrected chi connectivity index (χ1v) is 5.57. The number of hydrogen-bond acceptors (Lipinski definition) is 2. The first-order chi connectivity index (χ1) is 7.40. The third-order valence-electron chi connectivity index (χ3n) is 3.31. The first-order valence-electron chi connectivity index (χ1n) is 5.57. The number of allylic oxidation sites excluding steroid dienone is 1. The van der Waals surface area contributed by atoms with Crippen molar-refractivity contribution in [3.8, 4) is 5.75 Å². The van der Waals surface area contributed by atoms with Gasteiger partial charge in [-0.1, -0.05) is 12.1 Å². The van der Waals surface area contributed by atoms with Gasteiger partial charge in [0.15, 0.2) is 0 Å². The van der Waals surface area contributed by atoms with Crippen LogP contribution in [0, 0.1) is 0 Å². The van der Waals surface area contributed by atoms with E-state index < -0.39 is 0 Å². The van der Waals surface area contributed by atoms with Crippen molar-refractivity contribution in [2.45, 2.75) is 19.3 Å². The molecule has 2 aliphatic rings. The van der Waals surface area contributed by atoms with E-state index in [1.807, 2.05) is 0 Å². The number of rotatable bonds is 1. The maximum absolute atomic E-state index is 5.60. The highest BCUT2D eigenvalue weighted by Crippen LogP contribution is 2.40. The molecule has 0 saturated heterocycles. The second-order valence-corrected chi connectivity index (χ2v) is 4.14. The van der Waals surface area contributed by atoms with Crippen LogP contribution in [0.5, 0.6) is 5.75 Å². The van der Waals surface area contributed by atoms with Crippen molar-refractivity contribution in [1.29, 1.82) is 0 Å². The molecule has 0 bridgehead atoms. The molecule has 3 rings (SSSR count). The van der Waals surface area contributed by atoms with E-state index in [2.05, 4.69) is 18.2 Å². The van der Waals surface area contributed by atoms with E-state index in [1.165, 1.54) is 22.3 Å². The molecule has 0 spiro atoms. The summed E-state index contributed by atoms with van der Waals surface area (Å²) in [6.07, 6.45) is 5.52. The number of ether oxygens (including phenoxy) is 1. The van der Waals surface area contributed by atoms with Crippen LogP contribution in [0.25, 0.3) is 5.57 Å². The average molecular weight is 238 g/mol. The molecule has 1 aromatic rings. The maximum atomic E-state index is 5.60. The Bertz CT molecular complexity index is 440. The molecule has 1 aliphatic carbocycles. The van der Waals surface area contributed by atoms with Gasteiger partial charge >= 0.3 is 0 Å². The van der Waals surface area contributed by atoms with Crippen molar-refractivity contribution in [2.24, 2.45) is 5.73 Å². The fourth-order valence-corrected chi connectivity index (χ4v) is 2.67. The van der Waals surface area contributed by atoms with Crippen molar-refractivity contribution in [3.63, 3.8) is 0 Å². The molecule has 2 N–H and O–H groups in total. The molecule has 0 aromatic heterocycles. The van der Waals surface area contributed by atoms with Gasteiger partial charge in [0.1, 0.15) is 5.75 Å². The van der Waals surface area contributed by atoms with Gasteiger partial charge in [-0.3, -0.25) is 0 Å². The largest absolute Gasteiger partial charge is 0.493 e. The van der Waals surface area contributed by atoms with Gasteiger partial charge in [-0.05, 0) is 35.6 Å². The summed E-state index contributed by atoms with van der Waals surface area (Å²) < 4.78 is 5.59. The van der Waals surface area contributed by atoms with Crippen molar-refractivity contribution >= 4 is 18.0 Å². The molecule has 16 heavy (non-hydrogen) atoms. The van der Waals surface area contributed by atoms with Crippen LogP contribution in [0.3, 0.4) is 0 Å². The Morgan fingerprint density at radius 1 is 1.25 bits per heavy atom. The molecule has 0 unspecified atom stereocenters. The lowest BCUT2D eigenvalue weighted by atomic mass is 9.98. The molecule has 86 valence electrons. The van der Waals surface area contributed by atoms with E-state index in [0.29, 0.717) is 6.54 Å². The van der Waals surface area contributed by atoms with Crippen LogP contribution >= 0.6 is 12.4 Å². The van der Waals surface area contributed by atoms with Crippen LogP contribution in [0.15, 0.2) is 18.2 Å². The van der Waals surface area contributed by atoms with Gasteiger partial charge < -0.3 is 10.5 Å². The third-order valence-corrected chi connectivity index (χ3v) is 3.31. The third kappa shape index (κ3) is 1.62. The molecule has 1 heterocycles. The van der Waals surface area contributed by atoms with E-state index in [0.717, 1.165) is 31.6 Å². The summed E-state index contributed by atoms with van der Waals surface area (Å²) >= 11 is 0. The summed E-state index contributed by atoms with van der Waals surface area (Å²) in [7, 11) is 0. The Morgan fingerprint density at radius 3 is 2.94 bits per heavy atom. The van der Waals surface area contributed by atoms with E-state index in [9.17, 15) is 0 Å². The Kier molecular flexibility index (Phi) is 3.22. The summed E-state index contributed by atoms with van der Waals surface area (Å²) in [5.74, 6) is 1.08. The molecular formula is C13H16ClNO. The number of fused-ring (bicyclic) bond motifs is 3. The molecule has 2 nitrogen and oxygen atoms in total. The predicted molar refractivity (Wildman–Crippen MR) is 68.2 cm³/mol. The van der Waals surface area contributed by atoms with Crippen LogP contribution in [0.4, 0.5) is 0 Å². The summed E-state index contributed by atoms with van der Waals surface area (Å²) in [5, 5.41) is 0. The monoisotopic (exact) mass is 237 g/mol. The molecule has 0 saturated carbocycles. The zero-order valence-corrected chi connectivity index (χ0v) is 9.98. The van der Waals surface area contributed by atoms with Crippen LogP contribution in [-0.4, -0.2) is 13.2 Å². The van der Waals surface area contributed by atoms with Gasteiger partial charge in [0.25, 0.3) is 0 Å². The number of hydrogen-bond donors (Lipinski definition) is 1. The van der Waals surface area contributed by atoms with E-state index >= 15 is 0 Å². The maximum Gasteiger partial charge on any atom is 0.123 e. The smallest absolute Gasteiger partial charge is 0.123 e. The minimum Gasteiger partial charge on any atom is -0.493 e. The molecule has 0 amide bonds. The zero-order valence-electron chi connectivity index (χ0n) is 9.16. The topological polar surface area (TPSA) is 35.2 Å². The molecule has 3 heteroatoms. The summed E-state index contributed by atoms with van der Waals surface area (Å²) in [4.78, 5) is 0. The normalized spacial score (nSPS) is 18.9. The Labute approximate surface area is 102 Å². The van der Waals surface area contributed by atoms with Gasteiger partial charge in [-0.25, -0.2) is 0 Å². The Balaban J connectivity index is 0.000000963. The SMILES string of the molecule is Cl.NCC=C1CCc2ccc3c(c21)CCO3. The van der Waals surface area contributed by atoms with E-state index in [4.69, 9.17) is 10.5 Å². The quantitative estimate of drug-likeness (QED) is 0.814. The minimum atomic E-state index is 0. The number of benzene rings is 1. The standard InChI is InChI=1S/C13H15NO.ClH/c14-7-5-10-2-1-9-3-4-12-11(13(9)10)6-8-15-12;/h3-5H,1-2,6-8,14H2;1H. The van der Waals surface area contributed by atoms with Crippen molar-refractivity contribution in [1.82, 2.24) is 0 Å². The van der Waals surface area contributed by atoms with Gasteiger partial charge in [-0.2, -0.15) is 0 Å². The lowest BCUT2D eigenvalue weighted by Gasteiger charge is -2.07. The van der Waals surface area contributed by atoms with Crippen molar-refractivity contribution < 1.29 is 4.74 Å². The van der Waals surface area contributed by atoms with Crippen LogP contribution in [-0.2, 0) is 12.8 Å². The van der Waals surface area contributed by atoms with Gasteiger partial charge in [0, 0.05) is 18.5 Å². The zero-order chi connectivity index (χ0) is 10.3. The second-order valence-electron chi connectivity index (χ2n) is 4.14. The number of halogens is 1. The Hall–Kier alpha value is -0.990. The summed E-state index contributed by atoms with van der Waals surface area (Å²) in [5.41, 5.74) is 11.3. The Morgan fingerprint density at radius 2 is 2.12 bits per heavy atom. The number of aryl methyl sites for hydroxylation is 1. The molecule has 0 fully saturated rings. The van der Waals surface area contributed by atoms with Crippen LogP contribution in [0.1, 0.15) is 23.1 Å². The van der Waals surface area contributed by atoms with Crippen LogP contribution < -0.4 is 10.5 Å². The lowest BCUT2D eigenvalue weighted by molar-refractivity contribution is 0.357. The lowest BCUT2D eigenvalue weighted by Crippen LogP contribution is -1.96. The van der Waals surface area contributed by atoms with Crippen molar-refractivity contribution in [2.75, 3.05) is 13.2 Å². The molecule has 1 aliphatic heterocycles. The fourth-order valence-electron chi connectivity index (χ4n) is 2.67. The number of nitrogens with two attached hydrogens (primary N) is 1. The highest BCUT2D eigenvalue weighted by molar-refractivity contribution is 5.85. The van der Waals surface area contributed by atoms with Crippen LogP contribution in [0.2, 0.25) is 0 Å². The van der Waals surface area contributed by atoms with Gasteiger partial charge in [0.2, 0.25) is 0 Å². The van der Waals surface area contributed by atoms with E-state index in [1.54, 1.807) is 0 Å². The predicted octanol–water partition coefficient (Wildman–Crippen LogP) is 2.33. The first kappa shape index (κ1) is 11.5. The van der Waals surface area contributed by atoms with Gasteiger partial charge in [-0.15, -0.1) is 12.4 Å². The second kappa shape index (κ2) is 4.48. The average Bonchev–Trinajstić information content (AvgIpc) is 2.83. The molecule has 1 aromatic carbocycles. The molecule has 0 atom stereocenters. The summed E-state index contributed by atoms with van der Waals surface area (Å²) in [6.45, 7) is 1.47. The fraction of sp³-hybridized carbons (Fsp3) is 0.385. The minimum absolute atomic E-state index is 0. The molecule has 0 radical (unpaired) electrons. The highest BCUT2D eigenvalue weighted by atomic mass is 35.5. The van der Waals surface area contributed by atoms with E-state index in [-0.39, 0.29) is 12.4 Å². The summed E-state index contributed by atoms with van der Waals surface area (Å²) in [6, 6.07) is 4.32. The highest BCUT2D eigenvalue weighted by Gasteiger charge is 2.24. The molecular weight excluding hydrogens is 222 g/mol. The van der Waals surface area contributed by atoms with Crippen molar-refractivity contribution in [3.05, 3.63) is 34.9 Å².